The molecule has 0 aromatic carbocycles. The van der Waals surface area contributed by atoms with Gasteiger partial charge < -0.3 is 0 Å². The normalized spacial score (nSPS) is 41.6. The van der Waals surface area contributed by atoms with Gasteiger partial charge >= 0.3 is 0 Å². The lowest BCUT2D eigenvalue weighted by Crippen LogP contribution is -2.23. The van der Waals surface area contributed by atoms with E-state index in [0.717, 1.165) is 17.8 Å². The lowest BCUT2D eigenvalue weighted by molar-refractivity contribution is 0.187. The topological polar surface area (TPSA) is 0 Å². The molecule has 0 spiro atoms. The highest BCUT2D eigenvalue weighted by molar-refractivity contribution is 6.20. The molecule has 0 aliphatic heterocycles. The van der Waals surface area contributed by atoms with Crippen LogP contribution in [0, 0.1) is 17.8 Å². The van der Waals surface area contributed by atoms with Gasteiger partial charge in [0.15, 0.2) is 0 Å². The summed E-state index contributed by atoms with van der Waals surface area (Å²) in [6.07, 6.45) is 14.2. The number of hydrogen-bond acceptors (Lipinski definition) is 0. The van der Waals surface area contributed by atoms with Crippen LogP contribution in [0.15, 0.2) is 0 Å². The second-order valence-electron chi connectivity index (χ2n) is 6.07. The molecule has 94 valence electrons. The third-order valence-corrected chi connectivity index (χ3v) is 5.43. The average Bonchev–Trinajstić information content (AvgIpc) is 2.54. The van der Waals surface area contributed by atoms with Gasteiger partial charge in [0.1, 0.15) is 0 Å². The molecule has 0 heterocycles. The molecule has 2 atom stereocenters. The number of alkyl halides is 1. The van der Waals surface area contributed by atoms with Gasteiger partial charge in [0, 0.05) is 5.38 Å². The third-order valence-electron chi connectivity index (χ3n) is 5.04. The largest absolute Gasteiger partial charge is 0.123 e. The zero-order chi connectivity index (χ0) is 11.4. The summed E-state index contributed by atoms with van der Waals surface area (Å²) in [4.78, 5) is 0. The van der Waals surface area contributed by atoms with Crippen LogP contribution in [0.2, 0.25) is 0 Å². The Kier molecular flexibility index (Phi) is 5.00. The van der Waals surface area contributed by atoms with E-state index < -0.39 is 0 Å². The molecule has 1 heteroatoms. The lowest BCUT2D eigenvalue weighted by Gasteiger charge is -2.33. The van der Waals surface area contributed by atoms with Crippen LogP contribution in [0.4, 0.5) is 0 Å². The van der Waals surface area contributed by atoms with Crippen molar-refractivity contribution in [3.05, 3.63) is 0 Å². The maximum atomic E-state index is 6.39. The van der Waals surface area contributed by atoms with E-state index in [9.17, 15) is 0 Å². The Balaban J connectivity index is 1.82. The Morgan fingerprint density at radius 1 is 0.875 bits per heavy atom. The van der Waals surface area contributed by atoms with E-state index in [1.807, 2.05) is 0 Å². The van der Waals surface area contributed by atoms with Crippen molar-refractivity contribution in [3.63, 3.8) is 0 Å². The van der Waals surface area contributed by atoms with E-state index in [2.05, 4.69) is 6.92 Å². The molecule has 2 aliphatic carbocycles. The first-order valence-corrected chi connectivity index (χ1v) is 7.87. The molecule has 2 rings (SSSR count). The molecular formula is C15H27Cl. The van der Waals surface area contributed by atoms with Crippen LogP contribution in [-0.2, 0) is 0 Å². The molecule has 16 heavy (non-hydrogen) atoms. The quantitative estimate of drug-likeness (QED) is 0.450. The van der Waals surface area contributed by atoms with Crippen molar-refractivity contribution in [3.8, 4) is 0 Å². The van der Waals surface area contributed by atoms with Gasteiger partial charge in [0.05, 0.1) is 0 Å². The fourth-order valence-electron chi connectivity index (χ4n) is 3.83. The standard InChI is InChI=1S/C15H27Cl/c1-2-12-7-9-13(10-8-12)14-5-3-4-6-15(16)11-14/h12-15H,2-11H2,1H3. The van der Waals surface area contributed by atoms with E-state index >= 15 is 0 Å². The molecule has 0 N–H and O–H groups in total. The van der Waals surface area contributed by atoms with E-state index in [1.54, 1.807) is 0 Å². The summed E-state index contributed by atoms with van der Waals surface area (Å²) >= 11 is 6.39. The second-order valence-corrected chi connectivity index (χ2v) is 6.68. The summed E-state index contributed by atoms with van der Waals surface area (Å²) < 4.78 is 0. The Hall–Kier alpha value is 0.290. The van der Waals surface area contributed by atoms with Gasteiger partial charge in [0.2, 0.25) is 0 Å². The van der Waals surface area contributed by atoms with Crippen molar-refractivity contribution in [2.24, 2.45) is 17.8 Å². The van der Waals surface area contributed by atoms with Crippen LogP contribution in [-0.4, -0.2) is 5.38 Å². The molecular weight excluding hydrogens is 216 g/mol. The molecule has 0 aromatic rings. The Bertz CT molecular complexity index is 194. The lowest BCUT2D eigenvalue weighted by atomic mass is 9.73. The van der Waals surface area contributed by atoms with E-state index in [1.165, 1.54) is 64.2 Å². The molecule has 2 fully saturated rings. The van der Waals surface area contributed by atoms with Crippen molar-refractivity contribution >= 4 is 11.6 Å². The first-order valence-electron chi connectivity index (χ1n) is 7.43. The number of rotatable bonds is 2. The Morgan fingerprint density at radius 3 is 2.25 bits per heavy atom. The van der Waals surface area contributed by atoms with Gasteiger partial charge in [0.25, 0.3) is 0 Å². The van der Waals surface area contributed by atoms with Crippen LogP contribution >= 0.6 is 11.6 Å². The van der Waals surface area contributed by atoms with Gasteiger partial charge in [-0.3, -0.25) is 0 Å². The summed E-state index contributed by atoms with van der Waals surface area (Å²) in [6, 6.07) is 0. The second kappa shape index (κ2) is 6.28. The van der Waals surface area contributed by atoms with Crippen molar-refractivity contribution in [2.45, 2.75) is 76.5 Å². The molecule has 0 bridgehead atoms. The first-order chi connectivity index (χ1) is 7.79. The molecule has 0 nitrogen and oxygen atoms in total. The van der Waals surface area contributed by atoms with Gasteiger partial charge in [-0.05, 0) is 43.4 Å². The highest BCUT2D eigenvalue weighted by Crippen LogP contribution is 2.40. The molecule has 0 saturated heterocycles. The van der Waals surface area contributed by atoms with Gasteiger partial charge in [-0.25, -0.2) is 0 Å². The minimum absolute atomic E-state index is 0.483. The minimum Gasteiger partial charge on any atom is -0.123 e. The van der Waals surface area contributed by atoms with Crippen molar-refractivity contribution in [2.75, 3.05) is 0 Å². The van der Waals surface area contributed by atoms with E-state index in [0.29, 0.717) is 5.38 Å². The molecule has 2 aliphatic rings. The summed E-state index contributed by atoms with van der Waals surface area (Å²) in [5.74, 6) is 3.01. The number of hydrogen-bond donors (Lipinski definition) is 0. The van der Waals surface area contributed by atoms with Crippen LogP contribution in [0.1, 0.15) is 71.1 Å². The van der Waals surface area contributed by atoms with Crippen LogP contribution in [0.25, 0.3) is 0 Å². The monoisotopic (exact) mass is 242 g/mol. The van der Waals surface area contributed by atoms with E-state index in [4.69, 9.17) is 11.6 Å². The molecule has 0 amide bonds. The maximum absolute atomic E-state index is 6.39. The predicted molar refractivity (Wildman–Crippen MR) is 72.0 cm³/mol. The highest BCUT2D eigenvalue weighted by atomic mass is 35.5. The average molecular weight is 243 g/mol. The van der Waals surface area contributed by atoms with E-state index in [-0.39, 0.29) is 0 Å². The fourth-order valence-corrected chi connectivity index (χ4v) is 4.22. The highest BCUT2D eigenvalue weighted by Gasteiger charge is 2.29. The maximum Gasteiger partial charge on any atom is 0.0338 e. The smallest absolute Gasteiger partial charge is 0.0338 e. The van der Waals surface area contributed by atoms with Gasteiger partial charge in [-0.15, -0.1) is 11.6 Å². The van der Waals surface area contributed by atoms with Crippen molar-refractivity contribution in [1.82, 2.24) is 0 Å². The first kappa shape index (κ1) is 12.7. The van der Waals surface area contributed by atoms with Crippen molar-refractivity contribution in [1.29, 1.82) is 0 Å². The fraction of sp³-hybridized carbons (Fsp3) is 1.00. The zero-order valence-corrected chi connectivity index (χ0v) is 11.5. The van der Waals surface area contributed by atoms with Gasteiger partial charge in [-0.2, -0.15) is 0 Å². The molecule has 0 radical (unpaired) electrons. The number of halogens is 1. The molecule has 0 aromatic heterocycles. The molecule has 2 unspecified atom stereocenters. The van der Waals surface area contributed by atoms with Crippen LogP contribution < -0.4 is 0 Å². The Labute approximate surface area is 106 Å². The Morgan fingerprint density at radius 2 is 1.56 bits per heavy atom. The summed E-state index contributed by atoms with van der Waals surface area (Å²) in [5, 5.41) is 0.483. The van der Waals surface area contributed by atoms with Crippen LogP contribution in [0.3, 0.4) is 0 Å². The zero-order valence-electron chi connectivity index (χ0n) is 10.8. The summed E-state index contributed by atoms with van der Waals surface area (Å²) in [6.45, 7) is 2.35. The van der Waals surface area contributed by atoms with Gasteiger partial charge in [-0.1, -0.05) is 45.4 Å². The SMILES string of the molecule is CCC1CCC(C2CCCCC(Cl)C2)CC1. The predicted octanol–water partition coefficient (Wildman–Crippen LogP) is 5.39. The third kappa shape index (κ3) is 3.39. The van der Waals surface area contributed by atoms with Crippen LogP contribution in [0.5, 0.6) is 0 Å². The summed E-state index contributed by atoms with van der Waals surface area (Å²) in [7, 11) is 0. The van der Waals surface area contributed by atoms with Crippen molar-refractivity contribution < 1.29 is 0 Å². The molecule has 2 saturated carbocycles. The summed E-state index contributed by atoms with van der Waals surface area (Å²) in [5.41, 5.74) is 0. The minimum atomic E-state index is 0.483.